The van der Waals surface area contributed by atoms with Crippen molar-refractivity contribution >= 4 is 10.0 Å². The number of aryl methyl sites for hydroxylation is 1. The minimum absolute atomic E-state index is 0.139. The average molecular weight is 287 g/mol. The summed E-state index contributed by atoms with van der Waals surface area (Å²) >= 11 is 0. The van der Waals surface area contributed by atoms with E-state index in [0.717, 1.165) is 5.56 Å². The van der Waals surface area contributed by atoms with Crippen molar-refractivity contribution in [2.75, 3.05) is 13.1 Å². The van der Waals surface area contributed by atoms with Gasteiger partial charge in [0.15, 0.2) is 0 Å². The van der Waals surface area contributed by atoms with Crippen LogP contribution in [0.1, 0.15) is 23.6 Å². The van der Waals surface area contributed by atoms with Crippen LogP contribution in [-0.2, 0) is 10.0 Å². The lowest BCUT2D eigenvalue weighted by Gasteiger charge is -2.32. The van der Waals surface area contributed by atoms with Gasteiger partial charge in [0.05, 0.1) is 6.04 Å². The zero-order valence-electron chi connectivity index (χ0n) is 10.7. The summed E-state index contributed by atoms with van der Waals surface area (Å²) in [7, 11) is -3.90. The fourth-order valence-corrected chi connectivity index (χ4v) is 3.73. The second kappa shape index (κ2) is 4.82. The van der Waals surface area contributed by atoms with Crippen LogP contribution in [0.2, 0.25) is 0 Å². The largest absolute Gasteiger partial charge is 0.322 e. The van der Waals surface area contributed by atoms with Crippen LogP contribution in [0, 0.1) is 12.7 Å². The molecule has 1 unspecified atom stereocenters. The molecule has 106 valence electrons. The first-order valence-electron chi connectivity index (χ1n) is 6.03. The smallest absolute Gasteiger partial charge is 0.218 e. The number of hydrogen-bond acceptors (Lipinski definition) is 4. The summed E-state index contributed by atoms with van der Waals surface area (Å²) in [4.78, 5) is 0. The van der Waals surface area contributed by atoms with Crippen molar-refractivity contribution in [3.05, 3.63) is 35.1 Å². The lowest BCUT2D eigenvalue weighted by atomic mass is 9.91. The summed E-state index contributed by atoms with van der Waals surface area (Å²) < 4.78 is 36.4. The van der Waals surface area contributed by atoms with Crippen LogP contribution in [0.5, 0.6) is 0 Å². The number of rotatable bonds is 3. The van der Waals surface area contributed by atoms with Crippen molar-refractivity contribution in [2.24, 2.45) is 10.9 Å². The molecule has 0 aromatic heterocycles. The molecule has 0 spiro atoms. The first-order chi connectivity index (χ1) is 8.78. The first kappa shape index (κ1) is 14.4. The molecule has 0 aliphatic carbocycles. The maximum absolute atomic E-state index is 13.9. The minimum atomic E-state index is -3.90. The Morgan fingerprint density at radius 2 is 2.16 bits per heavy atom. The van der Waals surface area contributed by atoms with Crippen LogP contribution < -0.4 is 16.2 Å². The van der Waals surface area contributed by atoms with Crippen molar-refractivity contribution in [1.82, 2.24) is 5.32 Å². The van der Waals surface area contributed by atoms with E-state index in [4.69, 9.17) is 10.9 Å². The van der Waals surface area contributed by atoms with Crippen molar-refractivity contribution in [3.63, 3.8) is 0 Å². The number of benzene rings is 1. The molecule has 5 nitrogen and oxygen atoms in total. The van der Waals surface area contributed by atoms with E-state index >= 15 is 0 Å². The SMILES string of the molecule is Cc1ccc(F)c([C@@H](N)C2(S(N)(=O)=O)CCNC2)c1. The minimum Gasteiger partial charge on any atom is -0.322 e. The Hall–Kier alpha value is -1.02. The van der Waals surface area contributed by atoms with E-state index in [0.29, 0.717) is 6.54 Å². The van der Waals surface area contributed by atoms with Crippen LogP contribution in [-0.4, -0.2) is 26.3 Å². The summed E-state index contributed by atoms with van der Waals surface area (Å²) in [6.07, 6.45) is 0.278. The van der Waals surface area contributed by atoms with Gasteiger partial charge in [0, 0.05) is 12.1 Å². The molecule has 0 saturated carbocycles. The Morgan fingerprint density at radius 1 is 1.47 bits per heavy atom. The highest BCUT2D eigenvalue weighted by molar-refractivity contribution is 7.90. The Balaban J connectivity index is 2.52. The van der Waals surface area contributed by atoms with Crippen molar-refractivity contribution in [2.45, 2.75) is 24.1 Å². The van der Waals surface area contributed by atoms with Gasteiger partial charge in [0.2, 0.25) is 10.0 Å². The fraction of sp³-hybridized carbons (Fsp3) is 0.500. The third-order valence-corrected chi connectivity index (χ3v) is 5.50. The summed E-state index contributed by atoms with van der Waals surface area (Å²) in [5, 5.41) is 8.27. The van der Waals surface area contributed by atoms with E-state index in [2.05, 4.69) is 5.32 Å². The molecule has 1 heterocycles. The molecule has 2 rings (SSSR count). The quantitative estimate of drug-likeness (QED) is 0.737. The highest BCUT2D eigenvalue weighted by Gasteiger charge is 2.50. The molecule has 0 amide bonds. The van der Waals surface area contributed by atoms with Crippen LogP contribution in [0.3, 0.4) is 0 Å². The van der Waals surface area contributed by atoms with E-state index in [-0.39, 0.29) is 18.5 Å². The molecule has 1 aliphatic rings. The van der Waals surface area contributed by atoms with Crippen LogP contribution in [0.4, 0.5) is 4.39 Å². The van der Waals surface area contributed by atoms with Gasteiger partial charge in [-0.25, -0.2) is 17.9 Å². The average Bonchev–Trinajstić information content (AvgIpc) is 2.81. The number of primary sulfonamides is 1. The van der Waals surface area contributed by atoms with Gasteiger partial charge in [-0.05, 0) is 26.0 Å². The molecule has 1 aliphatic heterocycles. The molecule has 5 N–H and O–H groups in total. The molecule has 1 aromatic carbocycles. The molecule has 19 heavy (non-hydrogen) atoms. The van der Waals surface area contributed by atoms with Gasteiger partial charge in [-0.2, -0.15) is 0 Å². The topological polar surface area (TPSA) is 98.2 Å². The molecule has 1 aromatic rings. The summed E-state index contributed by atoms with van der Waals surface area (Å²) in [6, 6.07) is 3.49. The number of hydrogen-bond donors (Lipinski definition) is 3. The number of halogens is 1. The Bertz CT molecular complexity index is 583. The normalized spacial score (nSPS) is 25.5. The van der Waals surface area contributed by atoms with Gasteiger partial charge in [-0.15, -0.1) is 0 Å². The Morgan fingerprint density at radius 3 is 2.68 bits per heavy atom. The molecule has 1 saturated heterocycles. The first-order valence-corrected chi connectivity index (χ1v) is 7.57. The standard InChI is InChI=1S/C12H18FN3O2S/c1-8-2-3-10(13)9(6-8)11(14)12(19(15,17)18)4-5-16-7-12/h2-3,6,11,16H,4-5,7,14H2,1H3,(H2,15,17,18)/t11-,12?/m1/s1. The van der Waals surface area contributed by atoms with Gasteiger partial charge in [-0.1, -0.05) is 17.7 Å². The highest BCUT2D eigenvalue weighted by atomic mass is 32.2. The number of sulfonamides is 1. The summed E-state index contributed by atoms with van der Waals surface area (Å²) in [6.45, 7) is 2.43. The summed E-state index contributed by atoms with van der Waals surface area (Å²) in [5.74, 6) is -0.506. The van der Waals surface area contributed by atoms with Crippen molar-refractivity contribution < 1.29 is 12.8 Å². The van der Waals surface area contributed by atoms with Crippen LogP contribution in [0.25, 0.3) is 0 Å². The van der Waals surface area contributed by atoms with Crippen molar-refractivity contribution in [3.8, 4) is 0 Å². The molecule has 1 fully saturated rings. The Kier molecular flexibility index (Phi) is 3.65. The van der Waals surface area contributed by atoms with Crippen molar-refractivity contribution in [1.29, 1.82) is 0 Å². The molecule has 0 bridgehead atoms. The monoisotopic (exact) mass is 287 g/mol. The number of nitrogens with one attached hydrogen (secondary N) is 1. The highest BCUT2D eigenvalue weighted by Crippen LogP contribution is 2.36. The van der Waals surface area contributed by atoms with E-state index in [1.54, 1.807) is 19.1 Å². The third-order valence-electron chi connectivity index (χ3n) is 3.77. The zero-order valence-corrected chi connectivity index (χ0v) is 11.5. The number of nitrogens with two attached hydrogens (primary N) is 2. The van der Waals surface area contributed by atoms with E-state index in [1.165, 1.54) is 6.07 Å². The fourth-order valence-electron chi connectivity index (χ4n) is 2.56. The molecular formula is C12H18FN3O2S. The van der Waals surface area contributed by atoms with E-state index in [9.17, 15) is 12.8 Å². The second-order valence-electron chi connectivity index (χ2n) is 5.04. The van der Waals surface area contributed by atoms with E-state index < -0.39 is 26.6 Å². The third kappa shape index (κ3) is 2.38. The maximum atomic E-state index is 13.9. The predicted octanol–water partition coefficient (Wildman–Crippen LogP) is 0.155. The maximum Gasteiger partial charge on any atom is 0.218 e. The lowest BCUT2D eigenvalue weighted by Crippen LogP contribution is -2.53. The van der Waals surface area contributed by atoms with Gasteiger partial charge in [0.25, 0.3) is 0 Å². The zero-order chi connectivity index (χ0) is 14.3. The molecular weight excluding hydrogens is 269 g/mol. The second-order valence-corrected chi connectivity index (χ2v) is 6.94. The van der Waals surface area contributed by atoms with Crippen LogP contribution >= 0.6 is 0 Å². The molecule has 7 heteroatoms. The predicted molar refractivity (Wildman–Crippen MR) is 71.4 cm³/mol. The molecule has 2 atom stereocenters. The lowest BCUT2D eigenvalue weighted by molar-refractivity contribution is 0.450. The van der Waals surface area contributed by atoms with Gasteiger partial charge >= 0.3 is 0 Å². The van der Waals surface area contributed by atoms with Gasteiger partial charge in [0.1, 0.15) is 10.6 Å². The van der Waals surface area contributed by atoms with Gasteiger partial charge < -0.3 is 11.1 Å². The van der Waals surface area contributed by atoms with E-state index in [1.807, 2.05) is 0 Å². The summed E-state index contributed by atoms with van der Waals surface area (Å²) in [5.41, 5.74) is 7.07. The Labute approximate surface area is 112 Å². The van der Waals surface area contributed by atoms with Gasteiger partial charge in [-0.3, -0.25) is 0 Å². The van der Waals surface area contributed by atoms with Crippen LogP contribution in [0.15, 0.2) is 18.2 Å². The molecule has 0 radical (unpaired) electrons.